The molecule has 1 aliphatic heterocycles. The molecule has 1 aromatic heterocycles. The molecule has 0 atom stereocenters. The molecule has 1 fully saturated rings. The summed E-state index contributed by atoms with van der Waals surface area (Å²) in [5.41, 5.74) is 2.44. The monoisotopic (exact) mass is 399 g/mol. The minimum Gasteiger partial charge on any atom is -0.352 e. The highest BCUT2D eigenvalue weighted by atomic mass is 32.1. The molecule has 0 saturated carbocycles. The predicted molar refractivity (Wildman–Crippen MR) is 113 cm³/mol. The van der Waals surface area contributed by atoms with Crippen molar-refractivity contribution < 1.29 is 9.59 Å². The fourth-order valence-electron chi connectivity index (χ4n) is 3.37. The number of benzene rings is 1. The molecule has 2 amide bonds. The average molecular weight is 400 g/mol. The predicted octanol–water partition coefficient (Wildman–Crippen LogP) is 3.56. The molecule has 0 aliphatic carbocycles. The van der Waals surface area contributed by atoms with Crippen molar-refractivity contribution in [2.24, 2.45) is 0 Å². The molecule has 1 saturated heterocycles. The number of hydrogen-bond donors (Lipinski definition) is 2. The van der Waals surface area contributed by atoms with Crippen LogP contribution in [0.5, 0.6) is 0 Å². The number of piperidine rings is 1. The van der Waals surface area contributed by atoms with Gasteiger partial charge in [-0.05, 0) is 54.9 Å². The van der Waals surface area contributed by atoms with E-state index in [0.717, 1.165) is 12.1 Å². The van der Waals surface area contributed by atoms with E-state index in [1.807, 2.05) is 11.4 Å². The quantitative estimate of drug-likeness (QED) is 0.634. The van der Waals surface area contributed by atoms with Gasteiger partial charge in [0, 0.05) is 26.1 Å². The van der Waals surface area contributed by atoms with Crippen molar-refractivity contribution in [3.05, 3.63) is 57.8 Å². The van der Waals surface area contributed by atoms with E-state index in [9.17, 15) is 9.59 Å². The van der Waals surface area contributed by atoms with Gasteiger partial charge in [-0.25, -0.2) is 0 Å². The van der Waals surface area contributed by atoms with Gasteiger partial charge < -0.3 is 10.6 Å². The van der Waals surface area contributed by atoms with Gasteiger partial charge in [0.25, 0.3) is 5.91 Å². The normalized spacial score (nSPS) is 14.6. The number of carbonyl (C=O) groups excluding carboxylic acids is 2. The largest absolute Gasteiger partial charge is 0.352 e. The number of carbonyl (C=O) groups is 2. The van der Waals surface area contributed by atoms with Crippen LogP contribution in [-0.2, 0) is 17.9 Å². The number of likely N-dealkylation sites (tertiary alicyclic amines) is 1. The summed E-state index contributed by atoms with van der Waals surface area (Å²) in [6, 6.07) is 12.2. The molecule has 1 aromatic carbocycles. The van der Waals surface area contributed by atoms with Gasteiger partial charge in [-0.1, -0.05) is 36.8 Å². The summed E-state index contributed by atoms with van der Waals surface area (Å²) in [5, 5.41) is 7.67. The van der Waals surface area contributed by atoms with Crippen LogP contribution in [0.15, 0.2) is 41.8 Å². The smallest absolute Gasteiger partial charge is 0.261 e. The molecule has 0 spiro atoms. The van der Waals surface area contributed by atoms with Crippen LogP contribution in [0.3, 0.4) is 0 Å². The summed E-state index contributed by atoms with van der Waals surface area (Å²) in [7, 11) is 0. The van der Waals surface area contributed by atoms with Gasteiger partial charge in [-0.2, -0.15) is 0 Å². The summed E-state index contributed by atoms with van der Waals surface area (Å²) < 4.78 is 0. The van der Waals surface area contributed by atoms with E-state index in [2.05, 4.69) is 39.8 Å². The Balaban J connectivity index is 1.30. The third-order valence-electron chi connectivity index (χ3n) is 4.98. The highest BCUT2D eigenvalue weighted by Crippen LogP contribution is 2.13. The first kappa shape index (κ1) is 20.6. The highest BCUT2D eigenvalue weighted by molar-refractivity contribution is 7.12. The Morgan fingerprint density at radius 2 is 1.71 bits per heavy atom. The molecule has 0 bridgehead atoms. The van der Waals surface area contributed by atoms with Gasteiger partial charge in [-0.3, -0.25) is 14.5 Å². The van der Waals surface area contributed by atoms with Crippen LogP contribution in [0.25, 0.3) is 0 Å². The van der Waals surface area contributed by atoms with E-state index >= 15 is 0 Å². The van der Waals surface area contributed by atoms with E-state index in [4.69, 9.17) is 0 Å². The number of nitrogens with one attached hydrogen (secondary N) is 2. The van der Waals surface area contributed by atoms with E-state index in [0.29, 0.717) is 30.8 Å². The van der Waals surface area contributed by atoms with Crippen molar-refractivity contribution in [3.8, 4) is 0 Å². The Morgan fingerprint density at radius 3 is 2.43 bits per heavy atom. The third-order valence-corrected chi connectivity index (χ3v) is 5.85. The van der Waals surface area contributed by atoms with Crippen LogP contribution in [0.4, 0.5) is 0 Å². The molecule has 6 heteroatoms. The highest BCUT2D eigenvalue weighted by Gasteiger charge is 2.10. The lowest BCUT2D eigenvalue weighted by molar-refractivity contribution is -0.121. The van der Waals surface area contributed by atoms with Crippen LogP contribution in [0.1, 0.15) is 52.9 Å². The Labute approximate surface area is 171 Å². The molecule has 5 nitrogen and oxygen atoms in total. The first-order chi connectivity index (χ1) is 13.7. The van der Waals surface area contributed by atoms with Crippen LogP contribution in [0, 0.1) is 0 Å². The summed E-state index contributed by atoms with van der Waals surface area (Å²) in [4.78, 5) is 27.0. The molecule has 1 aliphatic rings. The Morgan fingerprint density at radius 1 is 0.964 bits per heavy atom. The lowest BCUT2D eigenvalue weighted by Crippen LogP contribution is -2.29. The zero-order chi connectivity index (χ0) is 19.6. The molecular formula is C22H29N3O2S. The van der Waals surface area contributed by atoms with Gasteiger partial charge in [0.05, 0.1) is 4.88 Å². The second-order valence-corrected chi connectivity index (χ2v) is 8.21. The summed E-state index contributed by atoms with van der Waals surface area (Å²) >= 11 is 1.42. The van der Waals surface area contributed by atoms with Crippen LogP contribution in [-0.4, -0.2) is 36.3 Å². The Kier molecular flexibility index (Phi) is 8.06. The van der Waals surface area contributed by atoms with Gasteiger partial charge in [0.15, 0.2) is 0 Å². The van der Waals surface area contributed by atoms with Crippen molar-refractivity contribution in [2.45, 2.75) is 45.2 Å². The first-order valence-electron chi connectivity index (χ1n) is 10.1. The van der Waals surface area contributed by atoms with Gasteiger partial charge in [-0.15, -0.1) is 11.3 Å². The van der Waals surface area contributed by atoms with Crippen LogP contribution < -0.4 is 10.6 Å². The van der Waals surface area contributed by atoms with Crippen LogP contribution in [0.2, 0.25) is 0 Å². The van der Waals surface area contributed by atoms with E-state index in [1.165, 1.54) is 49.3 Å². The van der Waals surface area contributed by atoms with Crippen molar-refractivity contribution in [1.29, 1.82) is 0 Å². The van der Waals surface area contributed by atoms with Crippen molar-refractivity contribution in [2.75, 3.05) is 19.6 Å². The molecular weight excluding hydrogens is 370 g/mol. The SMILES string of the molecule is O=C(CCCNC(=O)c1cccs1)NCc1ccc(CN2CCCCC2)cc1. The van der Waals surface area contributed by atoms with Gasteiger partial charge in [0.1, 0.15) is 0 Å². The van der Waals surface area contributed by atoms with Crippen molar-refractivity contribution >= 4 is 23.2 Å². The number of rotatable bonds is 9. The Bertz CT molecular complexity index is 738. The first-order valence-corrected chi connectivity index (χ1v) is 11.0. The minimum atomic E-state index is -0.0694. The second-order valence-electron chi connectivity index (χ2n) is 7.27. The van der Waals surface area contributed by atoms with E-state index in [1.54, 1.807) is 6.07 Å². The number of hydrogen-bond acceptors (Lipinski definition) is 4. The number of amides is 2. The fourth-order valence-corrected chi connectivity index (χ4v) is 4.01. The Hall–Kier alpha value is -2.18. The molecule has 2 heterocycles. The topological polar surface area (TPSA) is 61.4 Å². The zero-order valence-electron chi connectivity index (χ0n) is 16.3. The van der Waals surface area contributed by atoms with Crippen molar-refractivity contribution in [1.82, 2.24) is 15.5 Å². The molecule has 2 aromatic rings. The van der Waals surface area contributed by atoms with Gasteiger partial charge in [0.2, 0.25) is 5.91 Å². The standard InChI is InChI=1S/C22H29N3O2S/c26-21(7-4-12-23-22(27)20-6-5-15-28-20)24-16-18-8-10-19(11-9-18)17-25-13-2-1-3-14-25/h5-6,8-11,15H,1-4,7,12-14,16-17H2,(H,23,27)(H,24,26). The molecule has 0 unspecified atom stereocenters. The van der Waals surface area contributed by atoms with E-state index in [-0.39, 0.29) is 11.8 Å². The van der Waals surface area contributed by atoms with Gasteiger partial charge >= 0.3 is 0 Å². The molecule has 150 valence electrons. The lowest BCUT2D eigenvalue weighted by Gasteiger charge is -2.26. The third kappa shape index (κ3) is 6.77. The fraction of sp³-hybridized carbons (Fsp3) is 0.455. The lowest BCUT2D eigenvalue weighted by atomic mass is 10.1. The molecule has 2 N–H and O–H groups in total. The molecule has 28 heavy (non-hydrogen) atoms. The van der Waals surface area contributed by atoms with Crippen molar-refractivity contribution in [3.63, 3.8) is 0 Å². The summed E-state index contributed by atoms with van der Waals surface area (Å²) in [5.74, 6) is -0.0529. The van der Waals surface area contributed by atoms with Crippen LogP contribution >= 0.6 is 11.3 Å². The summed E-state index contributed by atoms with van der Waals surface area (Å²) in [6.07, 6.45) is 5.02. The molecule has 3 rings (SSSR count). The maximum Gasteiger partial charge on any atom is 0.261 e. The number of nitrogens with zero attached hydrogens (tertiary/aromatic N) is 1. The molecule has 0 radical (unpaired) electrons. The minimum absolute atomic E-state index is 0.0164. The zero-order valence-corrected chi connectivity index (χ0v) is 17.1. The summed E-state index contributed by atoms with van der Waals surface area (Å²) in [6.45, 7) is 4.47. The maximum absolute atomic E-state index is 12.0. The number of thiophene rings is 1. The maximum atomic E-state index is 12.0. The van der Waals surface area contributed by atoms with E-state index < -0.39 is 0 Å². The second kappa shape index (κ2) is 11.0. The average Bonchev–Trinajstić information content (AvgIpc) is 3.26.